The molecule has 0 spiro atoms. The third-order valence-electron chi connectivity index (χ3n) is 3.57. The van der Waals surface area contributed by atoms with Gasteiger partial charge in [0, 0.05) is 25.3 Å². The minimum absolute atomic E-state index is 0.0171. The van der Waals surface area contributed by atoms with Crippen molar-refractivity contribution in [1.29, 1.82) is 0 Å². The number of ether oxygens (including phenoxy) is 1. The third-order valence-corrected chi connectivity index (χ3v) is 4.42. The fraction of sp³-hybridized carbons (Fsp3) is 0.533. The molecular weight excluding hydrogens is 364 g/mol. The number of nitrogens with zero attached hydrogens (tertiary/aromatic N) is 2. The Morgan fingerprint density at radius 3 is 2.73 bits per heavy atom. The van der Waals surface area contributed by atoms with Gasteiger partial charge in [-0.1, -0.05) is 5.16 Å². The van der Waals surface area contributed by atoms with Crippen molar-refractivity contribution in [2.75, 3.05) is 19.5 Å². The molecule has 0 bridgehead atoms. The van der Waals surface area contributed by atoms with Crippen LogP contribution in [-0.4, -0.2) is 71.2 Å². The number of methoxy groups -OCH3 is 1. The lowest BCUT2D eigenvalue weighted by Gasteiger charge is -2.21. The number of carboxylic acid groups (broad SMARTS) is 1. The SMILES string of the molecule is COC[C@H](NC(=O)c1cc(C)on1)C(=O)N[C@@H](CC1CSC=N1)C(=O)O. The Bertz CT molecular complexity index is 691. The number of hydrogen-bond donors (Lipinski definition) is 3. The van der Waals surface area contributed by atoms with E-state index in [1.54, 1.807) is 12.5 Å². The minimum Gasteiger partial charge on any atom is -0.480 e. The molecule has 1 aliphatic heterocycles. The highest BCUT2D eigenvalue weighted by atomic mass is 32.2. The summed E-state index contributed by atoms with van der Waals surface area (Å²) in [4.78, 5) is 40.2. The summed E-state index contributed by atoms with van der Waals surface area (Å²) in [5.41, 5.74) is 1.68. The smallest absolute Gasteiger partial charge is 0.326 e. The zero-order valence-corrected chi connectivity index (χ0v) is 15.1. The number of thioether (sulfide) groups is 1. The van der Waals surface area contributed by atoms with E-state index < -0.39 is 29.9 Å². The maximum Gasteiger partial charge on any atom is 0.326 e. The van der Waals surface area contributed by atoms with E-state index in [4.69, 9.17) is 9.26 Å². The second-order valence-corrected chi connectivity index (χ2v) is 6.56. The molecule has 1 aliphatic rings. The molecular formula is C15H20N4O6S. The molecule has 0 saturated carbocycles. The first kappa shape index (κ1) is 19.9. The summed E-state index contributed by atoms with van der Waals surface area (Å²) in [5, 5.41) is 17.8. The van der Waals surface area contributed by atoms with Crippen LogP contribution in [-0.2, 0) is 14.3 Å². The van der Waals surface area contributed by atoms with Crippen LogP contribution in [0, 0.1) is 6.92 Å². The number of aliphatic carboxylic acids is 1. The topological polar surface area (TPSA) is 143 Å². The maximum atomic E-state index is 12.4. The van der Waals surface area contributed by atoms with Gasteiger partial charge in [-0.2, -0.15) is 0 Å². The number of carbonyl (C=O) groups is 3. The van der Waals surface area contributed by atoms with Gasteiger partial charge in [0.2, 0.25) is 5.91 Å². The van der Waals surface area contributed by atoms with Crippen LogP contribution in [0.15, 0.2) is 15.6 Å². The van der Waals surface area contributed by atoms with Crippen LogP contribution >= 0.6 is 11.8 Å². The van der Waals surface area contributed by atoms with E-state index in [1.807, 2.05) is 0 Å². The van der Waals surface area contributed by atoms with Crippen LogP contribution in [0.5, 0.6) is 0 Å². The molecule has 2 heterocycles. The number of aliphatic imine (C=N–C) groups is 1. The van der Waals surface area contributed by atoms with Crippen LogP contribution in [0.2, 0.25) is 0 Å². The van der Waals surface area contributed by atoms with Crippen LogP contribution in [0.4, 0.5) is 0 Å². The molecule has 142 valence electrons. The Hall–Kier alpha value is -2.40. The highest BCUT2D eigenvalue weighted by Crippen LogP contribution is 2.16. The fourth-order valence-corrected chi connectivity index (χ4v) is 3.06. The molecule has 1 aromatic heterocycles. The molecule has 2 rings (SSSR count). The van der Waals surface area contributed by atoms with Crippen molar-refractivity contribution < 1.29 is 28.8 Å². The zero-order chi connectivity index (χ0) is 19.1. The molecule has 1 aromatic rings. The molecule has 26 heavy (non-hydrogen) atoms. The molecule has 2 amide bonds. The van der Waals surface area contributed by atoms with E-state index in [1.165, 1.54) is 24.9 Å². The van der Waals surface area contributed by atoms with Crippen molar-refractivity contribution in [3.05, 3.63) is 17.5 Å². The number of carboxylic acids is 1. The van der Waals surface area contributed by atoms with Crippen LogP contribution in [0.1, 0.15) is 22.7 Å². The first-order valence-electron chi connectivity index (χ1n) is 7.80. The number of nitrogens with one attached hydrogen (secondary N) is 2. The van der Waals surface area contributed by atoms with Crippen LogP contribution < -0.4 is 10.6 Å². The molecule has 0 aromatic carbocycles. The molecule has 11 heteroatoms. The number of aryl methyl sites for hydroxylation is 1. The van der Waals surface area contributed by atoms with Crippen molar-refractivity contribution in [2.24, 2.45) is 4.99 Å². The predicted molar refractivity (Wildman–Crippen MR) is 93.3 cm³/mol. The summed E-state index contributed by atoms with van der Waals surface area (Å²) < 4.78 is 9.77. The normalized spacial score (nSPS) is 18.3. The van der Waals surface area contributed by atoms with Crippen LogP contribution in [0.3, 0.4) is 0 Å². The average molecular weight is 384 g/mol. The van der Waals surface area contributed by atoms with Crippen molar-refractivity contribution in [3.8, 4) is 0 Å². The quantitative estimate of drug-likeness (QED) is 0.532. The molecule has 3 N–H and O–H groups in total. The molecule has 10 nitrogen and oxygen atoms in total. The summed E-state index contributed by atoms with van der Waals surface area (Å²) in [6, 6.07) is -0.941. The highest BCUT2D eigenvalue weighted by molar-refractivity contribution is 8.12. The molecule has 0 radical (unpaired) electrons. The Labute approximate surface area is 153 Å². The number of hydrogen-bond acceptors (Lipinski definition) is 8. The van der Waals surface area contributed by atoms with Crippen molar-refractivity contribution in [3.63, 3.8) is 0 Å². The zero-order valence-electron chi connectivity index (χ0n) is 14.3. The summed E-state index contributed by atoms with van der Waals surface area (Å²) in [6.45, 7) is 1.50. The molecule has 0 fully saturated rings. The van der Waals surface area contributed by atoms with Crippen LogP contribution in [0.25, 0.3) is 0 Å². The monoisotopic (exact) mass is 384 g/mol. The van der Waals surface area contributed by atoms with Gasteiger partial charge >= 0.3 is 5.97 Å². The standard InChI is InChI=1S/C15H20N4O6S/c1-8-3-10(19-25-8)13(20)18-12(5-24-2)14(21)17-11(15(22)23)4-9-6-26-7-16-9/h3,7,9,11-12H,4-6H2,1-2H3,(H,17,21)(H,18,20)(H,22,23)/t9?,11-,12-/m0/s1. The van der Waals surface area contributed by atoms with Gasteiger partial charge in [0.15, 0.2) is 5.69 Å². The van der Waals surface area contributed by atoms with E-state index in [-0.39, 0.29) is 24.8 Å². The van der Waals surface area contributed by atoms with E-state index in [0.717, 1.165) is 0 Å². The summed E-state index contributed by atoms with van der Waals surface area (Å²) >= 11 is 1.49. The fourth-order valence-electron chi connectivity index (χ4n) is 2.28. The lowest BCUT2D eigenvalue weighted by atomic mass is 10.1. The molecule has 0 aliphatic carbocycles. The Morgan fingerprint density at radius 2 is 2.19 bits per heavy atom. The number of carbonyl (C=O) groups excluding carboxylic acids is 2. The van der Waals surface area contributed by atoms with E-state index >= 15 is 0 Å². The predicted octanol–water partition coefficient (Wildman–Crippen LogP) is -0.169. The third kappa shape index (κ3) is 5.56. The molecule has 0 saturated heterocycles. The average Bonchev–Trinajstić information content (AvgIpc) is 3.25. The second-order valence-electron chi connectivity index (χ2n) is 5.68. The van der Waals surface area contributed by atoms with E-state index in [0.29, 0.717) is 11.5 Å². The van der Waals surface area contributed by atoms with Gasteiger partial charge in [-0.3, -0.25) is 14.6 Å². The van der Waals surface area contributed by atoms with Gasteiger partial charge in [-0.05, 0) is 6.92 Å². The van der Waals surface area contributed by atoms with Gasteiger partial charge < -0.3 is 25.0 Å². The largest absolute Gasteiger partial charge is 0.480 e. The Balaban J connectivity index is 1.99. The van der Waals surface area contributed by atoms with Gasteiger partial charge in [0.05, 0.1) is 18.2 Å². The Morgan fingerprint density at radius 1 is 1.42 bits per heavy atom. The van der Waals surface area contributed by atoms with Crippen molar-refractivity contribution in [2.45, 2.75) is 31.5 Å². The number of rotatable bonds is 9. The molecule has 1 unspecified atom stereocenters. The lowest BCUT2D eigenvalue weighted by Crippen LogP contribution is -2.54. The van der Waals surface area contributed by atoms with Gasteiger partial charge in [-0.25, -0.2) is 4.79 Å². The van der Waals surface area contributed by atoms with E-state index in [9.17, 15) is 19.5 Å². The lowest BCUT2D eigenvalue weighted by molar-refractivity contribution is -0.142. The minimum atomic E-state index is -1.17. The first-order chi connectivity index (χ1) is 12.4. The summed E-state index contributed by atoms with van der Waals surface area (Å²) in [6.07, 6.45) is 0.167. The van der Waals surface area contributed by atoms with Crippen molar-refractivity contribution >= 4 is 35.1 Å². The highest BCUT2D eigenvalue weighted by Gasteiger charge is 2.29. The van der Waals surface area contributed by atoms with Gasteiger partial charge in [-0.15, -0.1) is 11.8 Å². The van der Waals surface area contributed by atoms with Gasteiger partial charge in [0.25, 0.3) is 5.91 Å². The first-order valence-corrected chi connectivity index (χ1v) is 8.85. The summed E-state index contributed by atoms with van der Waals surface area (Å²) in [7, 11) is 1.37. The summed E-state index contributed by atoms with van der Waals surface area (Å²) in [5.74, 6) is -1.34. The van der Waals surface area contributed by atoms with E-state index in [2.05, 4.69) is 20.8 Å². The second kappa shape index (κ2) is 9.34. The maximum absolute atomic E-state index is 12.4. The molecule has 3 atom stereocenters. The number of aromatic nitrogens is 1. The number of amides is 2. The van der Waals surface area contributed by atoms with Crippen molar-refractivity contribution in [1.82, 2.24) is 15.8 Å². The Kier molecular flexibility index (Phi) is 7.16. The van der Waals surface area contributed by atoms with Gasteiger partial charge in [0.1, 0.15) is 17.8 Å².